The summed E-state index contributed by atoms with van der Waals surface area (Å²) in [7, 11) is 0. The monoisotopic (exact) mass is 263 g/mol. The summed E-state index contributed by atoms with van der Waals surface area (Å²) in [6.45, 7) is 6.29. The Hall–Kier alpha value is -1.84. The highest BCUT2D eigenvalue weighted by Gasteiger charge is 2.07. The third-order valence-electron chi connectivity index (χ3n) is 2.97. The van der Waals surface area contributed by atoms with Crippen LogP contribution >= 0.6 is 0 Å². The van der Waals surface area contributed by atoms with Gasteiger partial charge in [0.05, 0.1) is 0 Å². The number of aryl methyl sites for hydroxylation is 1. The predicted octanol–water partition coefficient (Wildman–Crippen LogP) is 3.31. The van der Waals surface area contributed by atoms with Crippen LogP contribution in [0.15, 0.2) is 18.2 Å². The van der Waals surface area contributed by atoms with Gasteiger partial charge < -0.3 is 10.4 Å². The van der Waals surface area contributed by atoms with E-state index >= 15 is 0 Å². The first-order chi connectivity index (χ1) is 8.90. The minimum atomic E-state index is -0.870. The molecule has 1 aromatic rings. The number of amides is 1. The Morgan fingerprint density at radius 1 is 1.26 bits per heavy atom. The molecule has 0 radical (unpaired) electrons. The van der Waals surface area contributed by atoms with E-state index in [-0.39, 0.29) is 18.7 Å². The van der Waals surface area contributed by atoms with E-state index in [1.807, 2.05) is 25.1 Å². The van der Waals surface area contributed by atoms with Crippen LogP contribution in [0.4, 0.5) is 5.69 Å². The molecule has 0 saturated carbocycles. The van der Waals surface area contributed by atoms with Crippen molar-refractivity contribution in [2.75, 3.05) is 5.32 Å². The molecule has 2 N–H and O–H groups in total. The Bertz CT molecular complexity index is 466. The number of carbonyl (C=O) groups is 2. The van der Waals surface area contributed by atoms with E-state index < -0.39 is 5.97 Å². The zero-order valence-electron chi connectivity index (χ0n) is 11.7. The number of carbonyl (C=O) groups excluding carboxylic acids is 1. The average molecular weight is 263 g/mol. The molecule has 0 fully saturated rings. The maximum Gasteiger partial charge on any atom is 0.303 e. The Balaban J connectivity index is 2.55. The van der Waals surface area contributed by atoms with Gasteiger partial charge in [-0.3, -0.25) is 9.59 Å². The summed E-state index contributed by atoms with van der Waals surface area (Å²) in [5.41, 5.74) is 3.18. The Kier molecular flexibility index (Phi) is 5.55. The van der Waals surface area contributed by atoms with Crippen LogP contribution in [-0.4, -0.2) is 17.0 Å². The number of hydrogen-bond donors (Lipinski definition) is 2. The number of carboxylic acids is 1. The fourth-order valence-electron chi connectivity index (χ4n) is 2.02. The summed E-state index contributed by atoms with van der Waals surface area (Å²) in [5, 5.41) is 11.3. The van der Waals surface area contributed by atoms with Crippen LogP contribution in [0.1, 0.15) is 50.2 Å². The summed E-state index contributed by atoms with van der Waals surface area (Å²) in [5.74, 6) is -0.553. The molecule has 0 saturated heterocycles. The highest BCUT2D eigenvalue weighted by atomic mass is 16.4. The topological polar surface area (TPSA) is 66.4 Å². The molecule has 0 aliphatic heterocycles. The van der Waals surface area contributed by atoms with Crippen molar-refractivity contribution in [2.24, 2.45) is 0 Å². The predicted molar refractivity (Wildman–Crippen MR) is 75.4 cm³/mol. The zero-order valence-corrected chi connectivity index (χ0v) is 11.7. The second-order valence-corrected chi connectivity index (χ2v) is 5.02. The molecule has 4 nitrogen and oxygen atoms in total. The van der Waals surface area contributed by atoms with Crippen LogP contribution in [0.2, 0.25) is 0 Å². The first-order valence-corrected chi connectivity index (χ1v) is 6.52. The first-order valence-electron chi connectivity index (χ1n) is 6.52. The van der Waals surface area contributed by atoms with Crippen LogP contribution in [0.25, 0.3) is 0 Å². The Morgan fingerprint density at radius 3 is 2.47 bits per heavy atom. The summed E-state index contributed by atoms with van der Waals surface area (Å²) in [6, 6.07) is 5.86. The molecule has 0 spiro atoms. The lowest BCUT2D eigenvalue weighted by molar-refractivity contribution is -0.137. The smallest absolute Gasteiger partial charge is 0.303 e. The molecular formula is C15H21NO3. The van der Waals surface area contributed by atoms with Gasteiger partial charge in [0.25, 0.3) is 0 Å². The molecule has 0 aliphatic carbocycles. The van der Waals surface area contributed by atoms with Gasteiger partial charge in [-0.15, -0.1) is 0 Å². The minimum Gasteiger partial charge on any atom is -0.481 e. The molecule has 4 heteroatoms. The number of aliphatic carboxylic acids is 1. The van der Waals surface area contributed by atoms with Crippen LogP contribution in [0.5, 0.6) is 0 Å². The highest BCUT2D eigenvalue weighted by Crippen LogP contribution is 2.22. The maximum absolute atomic E-state index is 11.6. The Labute approximate surface area is 113 Å². The number of anilines is 1. The minimum absolute atomic E-state index is 0.0265. The largest absolute Gasteiger partial charge is 0.481 e. The van der Waals surface area contributed by atoms with Crippen molar-refractivity contribution in [1.29, 1.82) is 0 Å². The fraction of sp³-hybridized carbons (Fsp3) is 0.467. The molecule has 0 atom stereocenters. The summed E-state index contributed by atoms with van der Waals surface area (Å²) < 4.78 is 0. The van der Waals surface area contributed by atoms with Crippen LogP contribution < -0.4 is 5.32 Å². The maximum atomic E-state index is 11.6. The van der Waals surface area contributed by atoms with Gasteiger partial charge >= 0.3 is 5.97 Å². The zero-order chi connectivity index (χ0) is 14.4. The lowest BCUT2D eigenvalue weighted by Crippen LogP contribution is -2.12. The van der Waals surface area contributed by atoms with Gasteiger partial charge in [-0.05, 0) is 42.5 Å². The second-order valence-electron chi connectivity index (χ2n) is 5.02. The molecule has 1 amide bonds. The second kappa shape index (κ2) is 6.92. The van der Waals surface area contributed by atoms with Crippen molar-refractivity contribution in [1.82, 2.24) is 0 Å². The molecule has 0 unspecified atom stereocenters. The van der Waals surface area contributed by atoms with Crippen molar-refractivity contribution in [3.8, 4) is 0 Å². The van der Waals surface area contributed by atoms with Gasteiger partial charge in [-0.2, -0.15) is 0 Å². The molecule has 104 valence electrons. The highest BCUT2D eigenvalue weighted by molar-refractivity contribution is 5.91. The van der Waals surface area contributed by atoms with Crippen molar-refractivity contribution in [3.05, 3.63) is 29.3 Å². The van der Waals surface area contributed by atoms with Gasteiger partial charge in [-0.1, -0.05) is 19.9 Å². The number of benzene rings is 1. The quantitative estimate of drug-likeness (QED) is 0.827. The van der Waals surface area contributed by atoms with Crippen LogP contribution in [-0.2, 0) is 9.59 Å². The summed E-state index contributed by atoms with van der Waals surface area (Å²) in [6.07, 6.45) is 0.625. The average Bonchev–Trinajstić information content (AvgIpc) is 2.27. The number of carboxylic acid groups (broad SMARTS) is 1. The molecule has 0 aromatic heterocycles. The summed E-state index contributed by atoms with van der Waals surface area (Å²) in [4.78, 5) is 22.0. The van der Waals surface area contributed by atoms with E-state index in [4.69, 9.17) is 5.11 Å². The van der Waals surface area contributed by atoms with E-state index in [1.54, 1.807) is 0 Å². The van der Waals surface area contributed by atoms with E-state index in [1.165, 1.54) is 5.56 Å². The van der Waals surface area contributed by atoms with E-state index in [2.05, 4.69) is 19.2 Å². The lowest BCUT2D eigenvalue weighted by atomic mass is 9.98. The molecule has 0 heterocycles. The lowest BCUT2D eigenvalue weighted by Gasteiger charge is -2.12. The molecule has 19 heavy (non-hydrogen) atoms. The normalized spacial score (nSPS) is 10.5. The molecular weight excluding hydrogens is 242 g/mol. The van der Waals surface area contributed by atoms with Crippen molar-refractivity contribution < 1.29 is 14.7 Å². The SMILES string of the molecule is Cc1cc(NC(=O)CCCC(=O)O)ccc1C(C)C. The van der Waals surface area contributed by atoms with Gasteiger partial charge in [-0.25, -0.2) is 0 Å². The first kappa shape index (κ1) is 15.2. The molecule has 0 aliphatic rings. The van der Waals surface area contributed by atoms with Crippen molar-refractivity contribution >= 4 is 17.6 Å². The fourth-order valence-corrected chi connectivity index (χ4v) is 2.02. The molecule has 0 bridgehead atoms. The third kappa shape index (κ3) is 5.12. The standard InChI is InChI=1S/C15H21NO3/c1-10(2)13-8-7-12(9-11(13)3)16-14(17)5-4-6-15(18)19/h7-10H,4-6H2,1-3H3,(H,16,17)(H,18,19). The van der Waals surface area contributed by atoms with Gasteiger partial charge in [0, 0.05) is 18.5 Å². The van der Waals surface area contributed by atoms with Gasteiger partial charge in [0.15, 0.2) is 0 Å². The number of hydrogen-bond acceptors (Lipinski definition) is 2. The van der Waals surface area contributed by atoms with E-state index in [0.29, 0.717) is 12.3 Å². The van der Waals surface area contributed by atoms with Gasteiger partial charge in [0.2, 0.25) is 5.91 Å². The van der Waals surface area contributed by atoms with E-state index in [9.17, 15) is 9.59 Å². The number of rotatable bonds is 6. The molecule has 1 aromatic carbocycles. The Morgan fingerprint density at radius 2 is 1.95 bits per heavy atom. The van der Waals surface area contributed by atoms with Crippen molar-refractivity contribution in [2.45, 2.75) is 46.0 Å². The van der Waals surface area contributed by atoms with Crippen molar-refractivity contribution in [3.63, 3.8) is 0 Å². The van der Waals surface area contributed by atoms with Crippen LogP contribution in [0, 0.1) is 6.92 Å². The van der Waals surface area contributed by atoms with Gasteiger partial charge in [0.1, 0.15) is 0 Å². The summed E-state index contributed by atoms with van der Waals surface area (Å²) >= 11 is 0. The molecule has 1 rings (SSSR count). The van der Waals surface area contributed by atoms with Crippen LogP contribution in [0.3, 0.4) is 0 Å². The van der Waals surface area contributed by atoms with E-state index in [0.717, 1.165) is 11.3 Å². The third-order valence-corrected chi connectivity index (χ3v) is 2.97. The number of nitrogens with one attached hydrogen (secondary N) is 1.